The van der Waals surface area contributed by atoms with Gasteiger partial charge in [0, 0.05) is 28.6 Å². The number of hydrogen-bond acceptors (Lipinski definition) is 3. The number of ketones is 1. The number of amides is 2. The summed E-state index contributed by atoms with van der Waals surface area (Å²) >= 11 is 0. The molecule has 3 rings (SSSR count). The predicted molar refractivity (Wildman–Crippen MR) is 75.0 cm³/mol. The summed E-state index contributed by atoms with van der Waals surface area (Å²) in [5, 5.41) is 1.27. The number of nitrogens with zero attached hydrogens (tertiary/aromatic N) is 1. The average Bonchev–Trinajstić information content (AvgIpc) is 2.44. The number of carbonyl (C=O) groups excluding carboxylic acids is 3. The van der Waals surface area contributed by atoms with E-state index in [1.165, 1.54) is 11.8 Å². The smallest absolute Gasteiger partial charge is 0.261 e. The lowest BCUT2D eigenvalue weighted by molar-refractivity contribution is 0.0619. The molecule has 4 heteroatoms. The van der Waals surface area contributed by atoms with E-state index in [-0.39, 0.29) is 17.6 Å². The minimum absolute atomic E-state index is 0.0773. The van der Waals surface area contributed by atoms with Gasteiger partial charge >= 0.3 is 0 Å². The molecule has 0 N–H and O–H groups in total. The van der Waals surface area contributed by atoms with Crippen molar-refractivity contribution in [2.45, 2.75) is 13.8 Å². The van der Waals surface area contributed by atoms with Crippen LogP contribution in [0.1, 0.15) is 44.9 Å². The Morgan fingerprint density at radius 2 is 1.70 bits per heavy atom. The number of imide groups is 1. The van der Waals surface area contributed by atoms with Crippen LogP contribution in [-0.4, -0.2) is 29.0 Å². The lowest BCUT2D eigenvalue weighted by Crippen LogP contribution is -2.40. The van der Waals surface area contributed by atoms with Crippen molar-refractivity contribution in [2.75, 3.05) is 6.54 Å². The van der Waals surface area contributed by atoms with Gasteiger partial charge in [0.15, 0.2) is 5.78 Å². The molecular formula is C16H13NO3. The normalized spacial score (nSPS) is 14.0. The first-order valence-corrected chi connectivity index (χ1v) is 6.49. The van der Waals surface area contributed by atoms with Gasteiger partial charge in [-0.3, -0.25) is 19.3 Å². The van der Waals surface area contributed by atoms with E-state index in [2.05, 4.69) is 0 Å². The third-order valence-electron chi connectivity index (χ3n) is 3.69. The van der Waals surface area contributed by atoms with Crippen molar-refractivity contribution in [2.24, 2.45) is 0 Å². The highest BCUT2D eigenvalue weighted by Crippen LogP contribution is 2.32. The van der Waals surface area contributed by atoms with Crippen molar-refractivity contribution in [3.05, 3.63) is 47.0 Å². The van der Waals surface area contributed by atoms with Gasteiger partial charge in [0.25, 0.3) is 11.8 Å². The first kappa shape index (κ1) is 12.5. The van der Waals surface area contributed by atoms with Crippen molar-refractivity contribution in [3.63, 3.8) is 0 Å². The van der Waals surface area contributed by atoms with Crippen LogP contribution in [0.15, 0.2) is 30.3 Å². The Hall–Kier alpha value is -2.49. The molecule has 2 aromatic rings. The molecule has 0 spiro atoms. The van der Waals surface area contributed by atoms with Gasteiger partial charge < -0.3 is 0 Å². The average molecular weight is 267 g/mol. The molecule has 0 aliphatic carbocycles. The van der Waals surface area contributed by atoms with E-state index in [0.29, 0.717) is 34.0 Å². The van der Waals surface area contributed by atoms with Crippen LogP contribution < -0.4 is 0 Å². The third kappa shape index (κ3) is 1.51. The Labute approximate surface area is 116 Å². The maximum absolute atomic E-state index is 12.3. The van der Waals surface area contributed by atoms with E-state index in [4.69, 9.17) is 0 Å². The van der Waals surface area contributed by atoms with Crippen molar-refractivity contribution in [3.8, 4) is 0 Å². The number of Topliss-reactive ketones (excluding diaryl/α,β-unsaturated/α-hetero) is 1. The maximum Gasteiger partial charge on any atom is 0.261 e. The van der Waals surface area contributed by atoms with Gasteiger partial charge in [-0.1, -0.05) is 12.1 Å². The molecule has 0 fully saturated rings. The summed E-state index contributed by atoms with van der Waals surface area (Å²) in [5.41, 5.74) is 1.51. The van der Waals surface area contributed by atoms with Crippen LogP contribution in [0.3, 0.4) is 0 Å². The molecule has 4 nitrogen and oxygen atoms in total. The second-order valence-electron chi connectivity index (χ2n) is 4.80. The molecule has 1 heterocycles. The summed E-state index contributed by atoms with van der Waals surface area (Å²) in [6.45, 7) is 3.59. The summed E-state index contributed by atoms with van der Waals surface area (Å²) < 4.78 is 0. The zero-order valence-corrected chi connectivity index (χ0v) is 11.3. The number of rotatable bonds is 2. The van der Waals surface area contributed by atoms with Gasteiger partial charge in [-0.05, 0) is 37.4 Å². The molecular weight excluding hydrogens is 254 g/mol. The van der Waals surface area contributed by atoms with Crippen LogP contribution in [0.25, 0.3) is 10.8 Å². The lowest BCUT2D eigenvalue weighted by Gasteiger charge is -2.26. The molecule has 2 amide bonds. The van der Waals surface area contributed by atoms with Crippen LogP contribution in [0.5, 0.6) is 0 Å². The molecule has 1 aliphatic heterocycles. The van der Waals surface area contributed by atoms with Gasteiger partial charge in [0.2, 0.25) is 0 Å². The number of hydrogen-bond donors (Lipinski definition) is 0. The lowest BCUT2D eigenvalue weighted by atomic mass is 9.90. The summed E-state index contributed by atoms with van der Waals surface area (Å²) in [4.78, 5) is 37.6. The highest BCUT2D eigenvalue weighted by Gasteiger charge is 2.32. The topological polar surface area (TPSA) is 54.5 Å². The fourth-order valence-corrected chi connectivity index (χ4v) is 2.74. The Balaban J connectivity index is 2.44. The fourth-order valence-electron chi connectivity index (χ4n) is 2.74. The number of benzene rings is 2. The van der Waals surface area contributed by atoms with E-state index >= 15 is 0 Å². The molecule has 0 atom stereocenters. The summed E-state index contributed by atoms with van der Waals surface area (Å²) in [7, 11) is 0. The largest absolute Gasteiger partial charge is 0.294 e. The van der Waals surface area contributed by atoms with Crippen LogP contribution in [0, 0.1) is 0 Å². The van der Waals surface area contributed by atoms with E-state index < -0.39 is 0 Å². The minimum atomic E-state index is -0.295. The quantitative estimate of drug-likeness (QED) is 0.621. The summed E-state index contributed by atoms with van der Waals surface area (Å²) in [6, 6.07) is 8.52. The van der Waals surface area contributed by atoms with E-state index in [0.717, 1.165) is 0 Å². The zero-order valence-electron chi connectivity index (χ0n) is 11.3. The highest BCUT2D eigenvalue weighted by molar-refractivity contribution is 6.27. The molecule has 100 valence electrons. The Kier molecular flexibility index (Phi) is 2.67. The molecule has 20 heavy (non-hydrogen) atoms. The first-order chi connectivity index (χ1) is 9.56. The minimum Gasteiger partial charge on any atom is -0.294 e. The van der Waals surface area contributed by atoms with E-state index in [1.807, 2.05) is 0 Å². The summed E-state index contributed by atoms with van der Waals surface area (Å²) in [6.07, 6.45) is 0. The highest BCUT2D eigenvalue weighted by atomic mass is 16.2. The third-order valence-corrected chi connectivity index (χ3v) is 3.69. The molecule has 0 saturated heterocycles. The second kappa shape index (κ2) is 4.27. The van der Waals surface area contributed by atoms with Crippen molar-refractivity contribution in [1.29, 1.82) is 0 Å². The SMILES string of the molecule is CCN1C(=O)c2cccc3c(C(C)=O)ccc(c23)C1=O. The zero-order chi connectivity index (χ0) is 14.4. The standard InChI is InChI=1S/C16H13NO3/c1-3-17-15(19)12-6-4-5-11-10(9(2)18)7-8-13(14(11)12)16(17)20/h4-8H,3H2,1-2H3. The van der Waals surface area contributed by atoms with Gasteiger partial charge in [-0.2, -0.15) is 0 Å². The van der Waals surface area contributed by atoms with Gasteiger partial charge in [0.05, 0.1) is 0 Å². The van der Waals surface area contributed by atoms with Crippen LogP contribution in [0.2, 0.25) is 0 Å². The first-order valence-electron chi connectivity index (χ1n) is 6.49. The maximum atomic E-state index is 12.3. The van der Waals surface area contributed by atoms with Crippen LogP contribution >= 0.6 is 0 Å². The molecule has 0 unspecified atom stereocenters. The summed E-state index contributed by atoms with van der Waals surface area (Å²) in [5.74, 6) is -0.667. The van der Waals surface area contributed by atoms with E-state index in [9.17, 15) is 14.4 Å². The molecule has 0 radical (unpaired) electrons. The predicted octanol–water partition coefficient (Wildman–Crippen LogP) is 2.66. The van der Waals surface area contributed by atoms with Crippen molar-refractivity contribution >= 4 is 28.4 Å². The Bertz CT molecular complexity index is 754. The molecule has 0 bridgehead atoms. The van der Waals surface area contributed by atoms with Gasteiger partial charge in [0.1, 0.15) is 0 Å². The number of carbonyl (C=O) groups is 3. The van der Waals surface area contributed by atoms with Gasteiger partial charge in [-0.25, -0.2) is 0 Å². The van der Waals surface area contributed by atoms with Gasteiger partial charge in [-0.15, -0.1) is 0 Å². The fraction of sp³-hybridized carbons (Fsp3) is 0.188. The van der Waals surface area contributed by atoms with Crippen LogP contribution in [0.4, 0.5) is 0 Å². The van der Waals surface area contributed by atoms with E-state index in [1.54, 1.807) is 37.3 Å². The molecule has 0 saturated carbocycles. The molecule has 2 aromatic carbocycles. The monoisotopic (exact) mass is 267 g/mol. The molecule has 0 aromatic heterocycles. The second-order valence-corrected chi connectivity index (χ2v) is 4.80. The Morgan fingerprint density at radius 3 is 2.30 bits per heavy atom. The molecule has 1 aliphatic rings. The van der Waals surface area contributed by atoms with Crippen molar-refractivity contribution in [1.82, 2.24) is 4.90 Å². The Morgan fingerprint density at radius 1 is 1.05 bits per heavy atom. The van der Waals surface area contributed by atoms with Crippen molar-refractivity contribution < 1.29 is 14.4 Å². The van der Waals surface area contributed by atoms with Crippen LogP contribution in [-0.2, 0) is 0 Å².